The first kappa shape index (κ1) is 27.7. The smallest absolute Gasteiger partial charge is 0.408 e. The van der Waals surface area contributed by atoms with Crippen molar-refractivity contribution in [1.82, 2.24) is 25.7 Å². The van der Waals surface area contributed by atoms with Crippen LogP contribution >= 0.6 is 24.0 Å². The Morgan fingerprint density at radius 2 is 1.78 bits per heavy atom. The molecule has 2 rings (SSSR count). The van der Waals surface area contributed by atoms with E-state index in [2.05, 4.69) is 33.2 Å². The van der Waals surface area contributed by atoms with Gasteiger partial charge in [0.2, 0.25) is 0 Å². The SMILES string of the molecule is CCNC(=NCc1ccccc1Cn1cccn1)NCC(C)(C)NC(=O)OC(C)(C)C.I. The second-order valence-electron chi connectivity index (χ2n) is 9.03. The zero-order valence-corrected chi connectivity index (χ0v) is 22.3. The Morgan fingerprint density at radius 3 is 2.38 bits per heavy atom. The van der Waals surface area contributed by atoms with Crippen LogP contribution in [0.3, 0.4) is 0 Å². The summed E-state index contributed by atoms with van der Waals surface area (Å²) in [6.45, 7) is 13.9. The number of aliphatic imine (C=N–C) groups is 1. The number of carbonyl (C=O) groups is 1. The number of aromatic nitrogens is 2. The lowest BCUT2D eigenvalue weighted by atomic mass is 10.1. The maximum atomic E-state index is 12.1. The molecule has 0 spiro atoms. The Labute approximate surface area is 208 Å². The predicted octanol–water partition coefficient (Wildman–Crippen LogP) is 3.91. The molecule has 0 aliphatic rings. The molecule has 2 aromatic rings. The van der Waals surface area contributed by atoms with Gasteiger partial charge in [-0.3, -0.25) is 4.68 Å². The number of guanidine groups is 1. The van der Waals surface area contributed by atoms with Crippen LogP contribution in [0.15, 0.2) is 47.7 Å². The average molecular weight is 556 g/mol. The summed E-state index contributed by atoms with van der Waals surface area (Å²) in [7, 11) is 0. The standard InChI is InChI=1S/C23H36N6O2.HI/c1-7-24-20(26-17-23(5,6)28-21(30)31-22(2,3)4)25-15-18-11-8-9-12-19(18)16-29-14-10-13-27-29;/h8-14H,7,15-17H2,1-6H3,(H,28,30)(H2,24,25,26);1H. The van der Waals surface area contributed by atoms with E-state index >= 15 is 0 Å². The van der Waals surface area contributed by atoms with Crippen LogP contribution in [0.4, 0.5) is 4.79 Å². The van der Waals surface area contributed by atoms with Crippen molar-refractivity contribution in [2.45, 2.75) is 65.8 Å². The van der Waals surface area contributed by atoms with Crippen molar-refractivity contribution in [2.24, 2.45) is 4.99 Å². The molecule has 8 nitrogen and oxygen atoms in total. The highest BCUT2D eigenvalue weighted by atomic mass is 127. The lowest BCUT2D eigenvalue weighted by Gasteiger charge is -2.29. The Morgan fingerprint density at radius 1 is 1.09 bits per heavy atom. The van der Waals surface area contributed by atoms with E-state index in [1.807, 2.05) is 70.6 Å². The second kappa shape index (κ2) is 12.7. The molecule has 0 saturated carbocycles. The molecule has 1 amide bonds. The third kappa shape index (κ3) is 10.3. The van der Waals surface area contributed by atoms with Crippen LogP contribution in [0.1, 0.15) is 52.7 Å². The summed E-state index contributed by atoms with van der Waals surface area (Å²) in [5.41, 5.74) is 1.27. The number of ether oxygens (including phenoxy) is 1. The van der Waals surface area contributed by atoms with Crippen molar-refractivity contribution in [1.29, 1.82) is 0 Å². The highest BCUT2D eigenvalue weighted by Crippen LogP contribution is 2.12. The van der Waals surface area contributed by atoms with Crippen molar-refractivity contribution in [3.8, 4) is 0 Å². The number of hydrogen-bond acceptors (Lipinski definition) is 4. The molecule has 32 heavy (non-hydrogen) atoms. The first-order chi connectivity index (χ1) is 14.6. The third-order valence-electron chi connectivity index (χ3n) is 4.30. The molecule has 0 saturated heterocycles. The number of alkyl carbamates (subject to hydrolysis) is 1. The molecule has 0 fully saturated rings. The van der Waals surface area contributed by atoms with E-state index in [-0.39, 0.29) is 24.0 Å². The Balaban J connectivity index is 0.00000512. The molecule has 0 radical (unpaired) electrons. The topological polar surface area (TPSA) is 92.6 Å². The van der Waals surface area contributed by atoms with E-state index in [1.54, 1.807) is 6.20 Å². The van der Waals surface area contributed by atoms with Gasteiger partial charge in [-0.15, -0.1) is 24.0 Å². The number of halogens is 1. The van der Waals surface area contributed by atoms with Gasteiger partial charge in [-0.2, -0.15) is 5.10 Å². The maximum Gasteiger partial charge on any atom is 0.408 e. The van der Waals surface area contributed by atoms with Gasteiger partial charge in [0.1, 0.15) is 5.60 Å². The minimum Gasteiger partial charge on any atom is -0.444 e. The maximum absolute atomic E-state index is 12.1. The number of carbonyl (C=O) groups excluding carboxylic acids is 1. The summed E-state index contributed by atoms with van der Waals surface area (Å²) >= 11 is 0. The fraction of sp³-hybridized carbons (Fsp3) is 0.522. The molecule has 0 unspecified atom stereocenters. The van der Waals surface area contributed by atoms with Gasteiger partial charge in [0.15, 0.2) is 5.96 Å². The van der Waals surface area contributed by atoms with Crippen LogP contribution < -0.4 is 16.0 Å². The highest BCUT2D eigenvalue weighted by Gasteiger charge is 2.24. The molecule has 1 aromatic carbocycles. The Bertz CT molecular complexity index is 860. The first-order valence-corrected chi connectivity index (χ1v) is 10.7. The molecule has 0 atom stereocenters. The summed E-state index contributed by atoms with van der Waals surface area (Å²) in [5.74, 6) is 0.690. The summed E-state index contributed by atoms with van der Waals surface area (Å²) < 4.78 is 7.26. The fourth-order valence-corrected chi connectivity index (χ4v) is 2.87. The highest BCUT2D eigenvalue weighted by molar-refractivity contribution is 14.0. The lowest BCUT2D eigenvalue weighted by molar-refractivity contribution is 0.0474. The van der Waals surface area contributed by atoms with Crippen LogP contribution in [0.25, 0.3) is 0 Å². The molecule has 9 heteroatoms. The fourth-order valence-electron chi connectivity index (χ4n) is 2.87. The van der Waals surface area contributed by atoms with E-state index < -0.39 is 17.2 Å². The van der Waals surface area contributed by atoms with Gasteiger partial charge in [-0.25, -0.2) is 9.79 Å². The van der Waals surface area contributed by atoms with Gasteiger partial charge in [-0.05, 0) is 58.7 Å². The molecule has 178 valence electrons. The normalized spacial score (nSPS) is 12.0. The number of amides is 1. The Hall–Kier alpha value is -2.30. The lowest BCUT2D eigenvalue weighted by Crippen LogP contribution is -2.54. The minimum atomic E-state index is -0.534. The third-order valence-corrected chi connectivity index (χ3v) is 4.30. The van der Waals surface area contributed by atoms with Gasteiger partial charge in [0.25, 0.3) is 0 Å². The zero-order valence-electron chi connectivity index (χ0n) is 19.9. The predicted molar refractivity (Wildman–Crippen MR) is 139 cm³/mol. The van der Waals surface area contributed by atoms with Gasteiger partial charge >= 0.3 is 6.09 Å². The van der Waals surface area contributed by atoms with Crippen LogP contribution in [0.2, 0.25) is 0 Å². The van der Waals surface area contributed by atoms with E-state index in [0.29, 0.717) is 25.6 Å². The largest absolute Gasteiger partial charge is 0.444 e. The van der Waals surface area contributed by atoms with Crippen LogP contribution in [0, 0.1) is 0 Å². The molecule has 0 aliphatic carbocycles. The summed E-state index contributed by atoms with van der Waals surface area (Å²) in [6.07, 6.45) is 3.29. The molecular weight excluding hydrogens is 519 g/mol. The summed E-state index contributed by atoms with van der Waals surface area (Å²) in [4.78, 5) is 16.8. The molecule has 1 heterocycles. The number of nitrogens with one attached hydrogen (secondary N) is 3. The van der Waals surface area contributed by atoms with E-state index in [9.17, 15) is 4.79 Å². The number of nitrogens with zero attached hydrogens (tertiary/aromatic N) is 3. The summed E-state index contributed by atoms with van der Waals surface area (Å²) in [5, 5.41) is 13.8. The van der Waals surface area contributed by atoms with Crippen LogP contribution in [-0.2, 0) is 17.8 Å². The van der Waals surface area contributed by atoms with Gasteiger partial charge in [0.05, 0.1) is 18.6 Å². The number of benzene rings is 1. The van der Waals surface area contributed by atoms with Crippen LogP contribution in [-0.4, -0.2) is 46.1 Å². The molecule has 1 aromatic heterocycles. The monoisotopic (exact) mass is 556 g/mol. The van der Waals surface area contributed by atoms with E-state index in [1.165, 1.54) is 5.56 Å². The average Bonchev–Trinajstić information content (AvgIpc) is 3.16. The molecule has 3 N–H and O–H groups in total. The van der Waals surface area contributed by atoms with E-state index in [4.69, 9.17) is 9.73 Å². The van der Waals surface area contributed by atoms with Gasteiger partial charge < -0.3 is 20.7 Å². The molecular formula is C23H37IN6O2. The minimum absolute atomic E-state index is 0. The Kier molecular flexibility index (Phi) is 11.0. The molecule has 0 aliphatic heterocycles. The van der Waals surface area contributed by atoms with Crippen molar-refractivity contribution in [3.05, 3.63) is 53.9 Å². The number of rotatable bonds is 8. The van der Waals surface area contributed by atoms with Crippen molar-refractivity contribution < 1.29 is 9.53 Å². The molecule has 0 bridgehead atoms. The van der Waals surface area contributed by atoms with E-state index in [0.717, 1.165) is 12.1 Å². The zero-order chi connectivity index (χ0) is 22.9. The van der Waals surface area contributed by atoms with Crippen LogP contribution in [0.5, 0.6) is 0 Å². The summed E-state index contributed by atoms with van der Waals surface area (Å²) in [6, 6.07) is 10.1. The second-order valence-corrected chi connectivity index (χ2v) is 9.03. The van der Waals surface area contributed by atoms with Crippen molar-refractivity contribution in [3.63, 3.8) is 0 Å². The first-order valence-electron chi connectivity index (χ1n) is 10.7. The van der Waals surface area contributed by atoms with Crippen molar-refractivity contribution in [2.75, 3.05) is 13.1 Å². The van der Waals surface area contributed by atoms with Crippen molar-refractivity contribution >= 4 is 36.0 Å². The quantitative estimate of drug-likeness (QED) is 0.261. The number of hydrogen-bond donors (Lipinski definition) is 3. The van der Waals surface area contributed by atoms with Gasteiger partial charge in [-0.1, -0.05) is 24.3 Å². The van der Waals surface area contributed by atoms with Gasteiger partial charge in [0, 0.05) is 25.5 Å².